The van der Waals surface area contributed by atoms with Crippen LogP contribution in [0.3, 0.4) is 0 Å². The molecule has 0 bridgehead atoms. The molecule has 2 heterocycles. The fourth-order valence-corrected chi connectivity index (χ4v) is 4.07. The molecule has 0 saturated carbocycles. The van der Waals surface area contributed by atoms with Crippen molar-refractivity contribution >= 4 is 28.1 Å². The SMILES string of the molecule is O=C(NCCCO)c1ccc(-c2ccc3[nH]c(=O)c(-c4cccs4)c(O)c3c2)cc1. The molecule has 0 atom stereocenters. The summed E-state index contributed by atoms with van der Waals surface area (Å²) in [6, 6.07) is 16.2. The van der Waals surface area contributed by atoms with Crippen LogP contribution in [0.15, 0.2) is 64.8 Å². The molecule has 2 aromatic carbocycles. The molecule has 4 rings (SSSR count). The number of carbonyl (C=O) groups is 1. The third-order valence-corrected chi connectivity index (χ3v) is 5.74. The zero-order valence-corrected chi connectivity index (χ0v) is 16.8. The molecule has 0 aliphatic heterocycles. The number of thiophene rings is 1. The Labute approximate surface area is 176 Å². The molecule has 0 aliphatic rings. The quantitative estimate of drug-likeness (QED) is 0.357. The van der Waals surface area contributed by atoms with Crippen LogP contribution in [-0.2, 0) is 0 Å². The highest BCUT2D eigenvalue weighted by Gasteiger charge is 2.15. The standard InChI is InChI=1S/C23H20N2O4S/c26-11-2-10-24-22(28)15-6-4-14(5-7-15)16-8-9-18-17(13-16)21(27)20(23(29)25-18)19-3-1-12-30-19/h1,3-9,12-13,26H,2,10-11H2,(H,24,28)(H2,25,27,29). The Balaban J connectivity index is 1.68. The van der Waals surface area contributed by atoms with Crippen LogP contribution >= 0.6 is 11.3 Å². The zero-order chi connectivity index (χ0) is 21.1. The van der Waals surface area contributed by atoms with E-state index in [4.69, 9.17) is 5.11 Å². The lowest BCUT2D eigenvalue weighted by Crippen LogP contribution is -2.24. The van der Waals surface area contributed by atoms with Crippen LogP contribution < -0.4 is 10.9 Å². The molecule has 30 heavy (non-hydrogen) atoms. The van der Waals surface area contributed by atoms with Gasteiger partial charge in [0, 0.05) is 29.0 Å². The monoisotopic (exact) mass is 420 g/mol. The molecular weight excluding hydrogens is 400 g/mol. The number of aromatic nitrogens is 1. The molecule has 6 nitrogen and oxygen atoms in total. The first kappa shape index (κ1) is 19.9. The maximum atomic E-state index is 12.4. The van der Waals surface area contributed by atoms with Crippen molar-refractivity contribution in [1.82, 2.24) is 10.3 Å². The number of nitrogens with one attached hydrogen (secondary N) is 2. The van der Waals surface area contributed by atoms with Crippen molar-refractivity contribution in [2.75, 3.05) is 13.2 Å². The Morgan fingerprint density at radius 2 is 1.83 bits per heavy atom. The molecule has 0 spiro atoms. The van der Waals surface area contributed by atoms with Crippen LogP contribution in [0.4, 0.5) is 0 Å². The summed E-state index contributed by atoms with van der Waals surface area (Å²) >= 11 is 1.39. The second-order valence-electron chi connectivity index (χ2n) is 6.83. The Bertz CT molecular complexity index is 1240. The highest BCUT2D eigenvalue weighted by Crippen LogP contribution is 2.36. The number of aliphatic hydroxyl groups is 1. The highest BCUT2D eigenvalue weighted by atomic mass is 32.1. The lowest BCUT2D eigenvalue weighted by atomic mass is 10.0. The summed E-state index contributed by atoms with van der Waals surface area (Å²) in [7, 11) is 0. The van der Waals surface area contributed by atoms with Gasteiger partial charge in [-0.3, -0.25) is 9.59 Å². The molecule has 7 heteroatoms. The van der Waals surface area contributed by atoms with Crippen molar-refractivity contribution < 1.29 is 15.0 Å². The second-order valence-corrected chi connectivity index (χ2v) is 7.77. The number of hydrogen-bond donors (Lipinski definition) is 4. The predicted molar refractivity (Wildman–Crippen MR) is 119 cm³/mol. The molecule has 0 saturated heterocycles. The van der Waals surface area contributed by atoms with Crippen molar-refractivity contribution in [3.05, 3.63) is 75.9 Å². The molecule has 1 amide bonds. The summed E-state index contributed by atoms with van der Waals surface area (Å²) in [5.74, 6) is -0.234. The summed E-state index contributed by atoms with van der Waals surface area (Å²) in [4.78, 5) is 28.1. The number of aromatic amines is 1. The molecule has 2 aromatic heterocycles. The smallest absolute Gasteiger partial charge is 0.260 e. The van der Waals surface area contributed by atoms with Gasteiger partial charge >= 0.3 is 0 Å². The number of amides is 1. The van der Waals surface area contributed by atoms with Gasteiger partial charge in [0.25, 0.3) is 11.5 Å². The molecule has 0 fully saturated rings. The van der Waals surface area contributed by atoms with Gasteiger partial charge in [-0.15, -0.1) is 11.3 Å². The van der Waals surface area contributed by atoms with Gasteiger partial charge in [0.05, 0.1) is 11.1 Å². The van der Waals surface area contributed by atoms with Crippen LogP contribution in [0.25, 0.3) is 32.5 Å². The zero-order valence-electron chi connectivity index (χ0n) is 16.0. The fourth-order valence-electron chi connectivity index (χ4n) is 3.30. The van der Waals surface area contributed by atoms with Gasteiger partial charge in [0.15, 0.2) is 0 Å². The van der Waals surface area contributed by atoms with E-state index in [-0.39, 0.29) is 29.4 Å². The minimum absolute atomic E-state index is 0.0352. The molecule has 4 aromatic rings. The number of aromatic hydroxyl groups is 1. The van der Waals surface area contributed by atoms with E-state index in [2.05, 4.69) is 10.3 Å². The lowest BCUT2D eigenvalue weighted by Gasteiger charge is -2.09. The Hall–Kier alpha value is -3.42. The molecule has 4 N–H and O–H groups in total. The number of carbonyl (C=O) groups excluding carboxylic acids is 1. The Morgan fingerprint density at radius 1 is 1.07 bits per heavy atom. The average molecular weight is 420 g/mol. The first-order chi connectivity index (χ1) is 14.6. The summed E-state index contributed by atoms with van der Waals surface area (Å²) in [6.07, 6.45) is 0.514. The van der Waals surface area contributed by atoms with E-state index < -0.39 is 0 Å². The van der Waals surface area contributed by atoms with Gasteiger partial charge < -0.3 is 20.5 Å². The van der Waals surface area contributed by atoms with Crippen LogP contribution in [0.2, 0.25) is 0 Å². The summed E-state index contributed by atoms with van der Waals surface area (Å²) in [5.41, 5.74) is 2.77. The van der Waals surface area contributed by atoms with Gasteiger partial charge in [-0.2, -0.15) is 0 Å². The van der Waals surface area contributed by atoms with E-state index in [0.29, 0.717) is 34.3 Å². The largest absolute Gasteiger partial charge is 0.506 e. The van der Waals surface area contributed by atoms with Crippen LogP contribution in [0.1, 0.15) is 16.8 Å². The maximum Gasteiger partial charge on any atom is 0.260 e. The van der Waals surface area contributed by atoms with Gasteiger partial charge in [-0.25, -0.2) is 0 Å². The summed E-state index contributed by atoms with van der Waals surface area (Å²) in [6.45, 7) is 0.458. The summed E-state index contributed by atoms with van der Waals surface area (Å²) < 4.78 is 0. The minimum Gasteiger partial charge on any atom is -0.506 e. The minimum atomic E-state index is -0.327. The van der Waals surface area contributed by atoms with Gasteiger partial charge in [0.2, 0.25) is 0 Å². The van der Waals surface area contributed by atoms with E-state index >= 15 is 0 Å². The van der Waals surface area contributed by atoms with Gasteiger partial charge in [-0.1, -0.05) is 24.3 Å². The Morgan fingerprint density at radius 3 is 2.53 bits per heavy atom. The van der Waals surface area contributed by atoms with Gasteiger partial charge in [-0.05, 0) is 53.3 Å². The number of pyridine rings is 1. The maximum absolute atomic E-state index is 12.4. The number of benzene rings is 2. The van der Waals surface area contributed by atoms with E-state index in [0.717, 1.165) is 11.1 Å². The van der Waals surface area contributed by atoms with Crippen molar-refractivity contribution in [3.63, 3.8) is 0 Å². The molecule has 0 aliphatic carbocycles. The first-order valence-corrected chi connectivity index (χ1v) is 10.4. The van der Waals surface area contributed by atoms with Crippen LogP contribution in [0.5, 0.6) is 5.75 Å². The lowest BCUT2D eigenvalue weighted by molar-refractivity contribution is 0.0951. The molecular formula is C23H20N2O4S. The van der Waals surface area contributed by atoms with E-state index in [1.54, 1.807) is 24.3 Å². The van der Waals surface area contributed by atoms with E-state index in [1.807, 2.05) is 35.7 Å². The average Bonchev–Trinajstić information content (AvgIpc) is 3.28. The third-order valence-electron chi connectivity index (χ3n) is 4.86. The molecule has 0 radical (unpaired) electrons. The first-order valence-electron chi connectivity index (χ1n) is 9.51. The predicted octanol–water partition coefficient (Wildman–Crippen LogP) is 3.74. The normalized spacial score (nSPS) is 11.0. The third kappa shape index (κ3) is 3.85. The van der Waals surface area contributed by atoms with Crippen LogP contribution in [0, 0.1) is 0 Å². The topological polar surface area (TPSA) is 102 Å². The van der Waals surface area contributed by atoms with Crippen molar-refractivity contribution in [3.8, 4) is 27.3 Å². The van der Waals surface area contributed by atoms with Crippen molar-refractivity contribution in [2.24, 2.45) is 0 Å². The number of fused-ring (bicyclic) bond motifs is 1. The number of H-pyrrole nitrogens is 1. The molecule has 0 unspecified atom stereocenters. The number of rotatable bonds is 6. The molecule has 152 valence electrons. The van der Waals surface area contributed by atoms with Crippen molar-refractivity contribution in [1.29, 1.82) is 0 Å². The summed E-state index contributed by atoms with van der Waals surface area (Å²) in [5, 5.41) is 24.8. The number of hydrogen-bond acceptors (Lipinski definition) is 5. The second kappa shape index (κ2) is 8.52. The Kier molecular flexibility index (Phi) is 5.65. The van der Waals surface area contributed by atoms with Crippen LogP contribution in [-0.4, -0.2) is 34.3 Å². The van der Waals surface area contributed by atoms with Gasteiger partial charge in [0.1, 0.15) is 5.75 Å². The number of aliphatic hydroxyl groups excluding tert-OH is 1. The van der Waals surface area contributed by atoms with Crippen molar-refractivity contribution in [2.45, 2.75) is 6.42 Å². The van der Waals surface area contributed by atoms with E-state index in [1.165, 1.54) is 11.3 Å². The fraction of sp³-hybridized carbons (Fsp3) is 0.130. The van der Waals surface area contributed by atoms with E-state index in [9.17, 15) is 14.7 Å². The highest BCUT2D eigenvalue weighted by molar-refractivity contribution is 7.13.